The van der Waals surface area contributed by atoms with E-state index >= 15 is 0 Å². The van der Waals surface area contributed by atoms with E-state index in [4.69, 9.17) is 29.2 Å². The Hall–Kier alpha value is -3.85. The molecule has 0 rings (SSSR count). The Morgan fingerprint density at radius 3 is 1.30 bits per heavy atom. The van der Waals surface area contributed by atoms with Crippen LogP contribution in [0.3, 0.4) is 0 Å². The lowest BCUT2D eigenvalue weighted by molar-refractivity contribution is -0.142. The van der Waals surface area contributed by atoms with E-state index in [9.17, 15) is 38.7 Å². The van der Waals surface area contributed by atoms with Crippen LogP contribution in [-0.2, 0) is 52.5 Å². The average molecular weight is 874 g/mol. The second kappa shape index (κ2) is 41.5. The van der Waals surface area contributed by atoms with Crippen molar-refractivity contribution in [1.29, 1.82) is 0 Å². The molecule has 0 bridgehead atoms. The number of amides is 4. The molecule has 0 saturated carbocycles. The highest BCUT2D eigenvalue weighted by atomic mass is 16.5. The number of ether oxygens (including phenoxy) is 4. The van der Waals surface area contributed by atoms with Crippen molar-refractivity contribution in [3.8, 4) is 0 Å². The lowest BCUT2D eigenvalue weighted by atomic mass is 10.0. The molecule has 0 heterocycles. The third kappa shape index (κ3) is 40.0. The van der Waals surface area contributed by atoms with Gasteiger partial charge in [-0.05, 0) is 38.5 Å². The van der Waals surface area contributed by atoms with Gasteiger partial charge in [-0.25, -0.2) is 4.79 Å². The monoisotopic (exact) mass is 874 g/mol. The van der Waals surface area contributed by atoms with Gasteiger partial charge >= 0.3 is 17.9 Å². The van der Waals surface area contributed by atoms with Crippen LogP contribution in [0.25, 0.3) is 0 Å². The van der Waals surface area contributed by atoms with Crippen LogP contribution in [0.2, 0.25) is 0 Å². The maximum atomic E-state index is 12.3. The summed E-state index contributed by atoms with van der Waals surface area (Å²) in [6.45, 7) is 1.86. The van der Waals surface area contributed by atoms with Gasteiger partial charge < -0.3 is 60.8 Å². The van der Waals surface area contributed by atoms with Crippen LogP contribution in [0.1, 0.15) is 135 Å². The molecule has 4 amide bonds. The summed E-state index contributed by atoms with van der Waals surface area (Å²) >= 11 is 0. The number of hydrogen-bond acceptors (Lipinski definition) is 12. The molecule has 0 aromatic carbocycles. The molecule has 0 aromatic heterocycles. The maximum Gasteiger partial charge on any atom is 0.326 e. The van der Waals surface area contributed by atoms with Crippen LogP contribution in [0.4, 0.5) is 0 Å². The smallest absolute Gasteiger partial charge is 0.326 e. The maximum absolute atomic E-state index is 12.3. The van der Waals surface area contributed by atoms with Gasteiger partial charge in [0.2, 0.25) is 23.6 Å². The number of carbonyl (C=O) groups excluding carboxylic acids is 4. The number of unbranched alkanes of at least 4 members (excludes halogenated alkanes) is 14. The minimum atomic E-state index is -1.19. The molecule has 0 fully saturated rings. The molecule has 2 unspecified atom stereocenters. The number of rotatable bonds is 45. The molecule has 0 radical (unpaired) electrons. The van der Waals surface area contributed by atoms with Crippen molar-refractivity contribution in [3.63, 3.8) is 0 Å². The summed E-state index contributed by atoms with van der Waals surface area (Å²) in [5.74, 6) is -4.09. The SMILES string of the molecule is BNC(CCCCNC(=O)COCCOCCNC(=O)COCCOCCNC(=O)CCC(NC(=O)CCCCCCCCCCCCCCCCC(=O)O)C(=O)O)C(=O)O. The largest absolute Gasteiger partial charge is 0.481 e. The predicted molar refractivity (Wildman–Crippen MR) is 230 cm³/mol. The molecule has 0 aliphatic rings. The topological polar surface area (TPSA) is 277 Å². The quantitative estimate of drug-likeness (QED) is 0.0320. The predicted octanol–water partition coefficient (Wildman–Crippen LogP) is 1.84. The first-order valence-corrected chi connectivity index (χ1v) is 22.2. The van der Waals surface area contributed by atoms with Gasteiger partial charge in [0.1, 0.15) is 19.3 Å². The Labute approximate surface area is 362 Å². The molecule has 61 heavy (non-hydrogen) atoms. The van der Waals surface area contributed by atoms with E-state index in [-0.39, 0.29) is 115 Å². The van der Waals surface area contributed by atoms with Crippen molar-refractivity contribution in [1.82, 2.24) is 26.5 Å². The van der Waals surface area contributed by atoms with E-state index in [1.807, 2.05) is 0 Å². The summed E-state index contributed by atoms with van der Waals surface area (Å²) in [7, 11) is 1.59. The van der Waals surface area contributed by atoms with Crippen molar-refractivity contribution in [2.45, 2.75) is 147 Å². The molecular formula is C41H76BN5O14. The van der Waals surface area contributed by atoms with Crippen LogP contribution in [0.15, 0.2) is 0 Å². The summed E-state index contributed by atoms with van der Waals surface area (Å²) in [5, 5.41) is 40.4. The lowest BCUT2D eigenvalue weighted by Gasteiger charge is -2.14. The third-order valence-corrected chi connectivity index (χ3v) is 9.57. The minimum Gasteiger partial charge on any atom is -0.481 e. The molecule has 352 valence electrons. The minimum absolute atomic E-state index is 0.0305. The molecule has 8 N–H and O–H groups in total. The molecule has 2 atom stereocenters. The number of carboxylic acids is 3. The number of nitrogens with one attached hydrogen (secondary N) is 5. The van der Waals surface area contributed by atoms with Crippen molar-refractivity contribution in [2.75, 3.05) is 72.5 Å². The molecule has 20 heteroatoms. The molecule has 0 aromatic rings. The lowest BCUT2D eigenvalue weighted by Crippen LogP contribution is -2.41. The normalized spacial score (nSPS) is 12.0. The van der Waals surface area contributed by atoms with Gasteiger partial charge in [0.25, 0.3) is 0 Å². The second-order valence-corrected chi connectivity index (χ2v) is 14.9. The molecule has 0 aliphatic heterocycles. The Balaban J connectivity index is 3.65. The highest BCUT2D eigenvalue weighted by Crippen LogP contribution is 2.14. The third-order valence-electron chi connectivity index (χ3n) is 9.57. The van der Waals surface area contributed by atoms with Crippen LogP contribution in [-0.4, -0.2) is 149 Å². The van der Waals surface area contributed by atoms with Gasteiger partial charge in [0.05, 0.1) is 45.7 Å². The Bertz CT molecular complexity index is 1200. The highest BCUT2D eigenvalue weighted by Gasteiger charge is 2.21. The van der Waals surface area contributed by atoms with E-state index in [1.54, 1.807) is 7.98 Å². The zero-order valence-electron chi connectivity index (χ0n) is 36.6. The summed E-state index contributed by atoms with van der Waals surface area (Å²) in [6, 6.07) is -1.74. The van der Waals surface area contributed by atoms with Crippen LogP contribution in [0, 0.1) is 0 Å². The van der Waals surface area contributed by atoms with E-state index in [1.165, 1.54) is 38.5 Å². The van der Waals surface area contributed by atoms with Crippen molar-refractivity contribution < 1.29 is 67.8 Å². The first kappa shape index (κ1) is 57.2. The van der Waals surface area contributed by atoms with Crippen molar-refractivity contribution in [3.05, 3.63) is 0 Å². The van der Waals surface area contributed by atoms with Gasteiger partial charge in [-0.15, -0.1) is 0 Å². The van der Waals surface area contributed by atoms with Gasteiger partial charge in [0.15, 0.2) is 7.98 Å². The molecule has 0 saturated heterocycles. The number of carbonyl (C=O) groups is 7. The van der Waals surface area contributed by atoms with E-state index in [2.05, 4.69) is 26.5 Å². The van der Waals surface area contributed by atoms with Crippen LogP contribution < -0.4 is 26.5 Å². The average Bonchev–Trinajstić information content (AvgIpc) is 3.22. The first-order valence-electron chi connectivity index (χ1n) is 22.2. The summed E-state index contributed by atoms with van der Waals surface area (Å²) in [4.78, 5) is 81.3. The Morgan fingerprint density at radius 2 is 0.836 bits per heavy atom. The number of hydrogen-bond donors (Lipinski definition) is 8. The van der Waals surface area contributed by atoms with E-state index in [0.29, 0.717) is 32.2 Å². The van der Waals surface area contributed by atoms with Gasteiger partial charge in [0, 0.05) is 38.9 Å². The second-order valence-electron chi connectivity index (χ2n) is 14.9. The summed E-state index contributed by atoms with van der Waals surface area (Å²) < 4.78 is 21.3. The highest BCUT2D eigenvalue weighted by molar-refractivity contribution is 6.06. The fraction of sp³-hybridized carbons (Fsp3) is 0.829. The van der Waals surface area contributed by atoms with Gasteiger partial charge in [-0.1, -0.05) is 77.0 Å². The van der Waals surface area contributed by atoms with Gasteiger partial charge in [-0.2, -0.15) is 0 Å². The first-order chi connectivity index (χ1) is 29.5. The van der Waals surface area contributed by atoms with Gasteiger partial charge in [-0.3, -0.25) is 28.8 Å². The fourth-order valence-corrected chi connectivity index (χ4v) is 6.06. The van der Waals surface area contributed by atoms with Crippen LogP contribution >= 0.6 is 0 Å². The van der Waals surface area contributed by atoms with E-state index < -0.39 is 30.0 Å². The molecule has 19 nitrogen and oxygen atoms in total. The molecule has 0 aliphatic carbocycles. The summed E-state index contributed by atoms with van der Waals surface area (Å²) in [6.07, 6.45) is 17.2. The Kier molecular flexibility index (Phi) is 38.9. The standard InChI is InChI=1S/C41H76BN5O14/c42-47-34(41(56)57)17-15-16-22-43-37(50)31-60-29-28-59-26-24-45-38(51)32-61-30-27-58-25-23-44-35(48)21-20-33(40(54)55)46-36(49)18-13-11-9-7-5-3-1-2-4-6-8-10-12-14-19-39(52)53/h33-34,47H,1-32,42H2,(H,43,50)(H,44,48)(H,45,51)(H,46,49)(H,52,53)(H,54,55)(H,56,57). The fourth-order valence-electron chi connectivity index (χ4n) is 6.06. The number of carboxylic acid groups (broad SMARTS) is 3. The Morgan fingerprint density at radius 1 is 0.410 bits per heavy atom. The van der Waals surface area contributed by atoms with Crippen LogP contribution in [0.5, 0.6) is 0 Å². The van der Waals surface area contributed by atoms with Crippen molar-refractivity contribution >= 4 is 49.5 Å². The van der Waals surface area contributed by atoms with Crippen molar-refractivity contribution in [2.24, 2.45) is 0 Å². The molecule has 0 spiro atoms. The van der Waals surface area contributed by atoms with E-state index in [0.717, 1.165) is 44.9 Å². The number of aliphatic carboxylic acids is 3. The summed E-state index contributed by atoms with van der Waals surface area (Å²) in [5.41, 5.74) is 0. The zero-order chi connectivity index (χ0) is 45.2. The molecular weight excluding hydrogens is 797 g/mol. The zero-order valence-corrected chi connectivity index (χ0v) is 36.6.